The van der Waals surface area contributed by atoms with Gasteiger partial charge in [-0.15, -0.1) is 11.3 Å². The summed E-state index contributed by atoms with van der Waals surface area (Å²) in [4.78, 5) is 2.37. The summed E-state index contributed by atoms with van der Waals surface area (Å²) in [7, 11) is 0. The van der Waals surface area contributed by atoms with E-state index in [-0.39, 0.29) is 11.5 Å². The Bertz CT molecular complexity index is 333. The first-order valence-corrected chi connectivity index (χ1v) is 7.08. The third kappa shape index (κ3) is 2.15. The third-order valence-corrected chi connectivity index (χ3v) is 5.74. The molecule has 1 fully saturated rings. The molecular weight excluding hydrogens is 272 g/mol. The van der Waals surface area contributed by atoms with E-state index < -0.39 is 0 Å². The van der Waals surface area contributed by atoms with Crippen LogP contribution in [0.15, 0.2) is 10.5 Å². The van der Waals surface area contributed by atoms with Crippen molar-refractivity contribution in [2.24, 2.45) is 5.41 Å². The Hall–Kier alpha value is 0.140. The summed E-state index contributed by atoms with van der Waals surface area (Å²) in [6, 6.07) is 2.08. The Morgan fingerprint density at radius 1 is 1.47 bits per heavy atom. The van der Waals surface area contributed by atoms with Crippen LogP contribution in [0, 0.1) is 12.3 Å². The van der Waals surface area contributed by atoms with Crippen LogP contribution in [0.1, 0.15) is 48.5 Å². The van der Waals surface area contributed by atoms with Crippen LogP contribution in [0.2, 0.25) is 0 Å². The molecule has 0 aromatic carbocycles. The van der Waals surface area contributed by atoms with E-state index in [0.717, 1.165) is 22.2 Å². The SMILES string of the molecule is Cc1sc(C(O)C2(C)CCCC2)cc1Br. The molecule has 1 nitrogen and oxygen atoms in total. The van der Waals surface area contributed by atoms with Gasteiger partial charge < -0.3 is 5.11 Å². The molecule has 15 heavy (non-hydrogen) atoms. The van der Waals surface area contributed by atoms with Gasteiger partial charge in [0, 0.05) is 14.2 Å². The monoisotopic (exact) mass is 288 g/mol. The first-order valence-electron chi connectivity index (χ1n) is 5.47. The van der Waals surface area contributed by atoms with E-state index in [1.54, 1.807) is 11.3 Å². The van der Waals surface area contributed by atoms with E-state index in [2.05, 4.69) is 35.8 Å². The molecule has 0 aliphatic heterocycles. The van der Waals surface area contributed by atoms with Crippen molar-refractivity contribution in [3.63, 3.8) is 0 Å². The van der Waals surface area contributed by atoms with Crippen molar-refractivity contribution in [2.75, 3.05) is 0 Å². The van der Waals surface area contributed by atoms with Crippen molar-refractivity contribution in [2.45, 2.75) is 45.6 Å². The van der Waals surface area contributed by atoms with E-state index in [1.165, 1.54) is 17.7 Å². The summed E-state index contributed by atoms with van der Waals surface area (Å²) in [5.41, 5.74) is 0.108. The molecule has 84 valence electrons. The largest absolute Gasteiger partial charge is 0.387 e. The average Bonchev–Trinajstić information content (AvgIpc) is 2.75. The fourth-order valence-electron chi connectivity index (χ4n) is 2.42. The van der Waals surface area contributed by atoms with Crippen LogP contribution in [-0.2, 0) is 0 Å². The summed E-state index contributed by atoms with van der Waals surface area (Å²) < 4.78 is 1.13. The molecule has 0 bridgehead atoms. The summed E-state index contributed by atoms with van der Waals surface area (Å²) in [5, 5.41) is 10.4. The molecule has 0 radical (unpaired) electrons. The second kappa shape index (κ2) is 4.19. The molecule has 1 aromatic rings. The van der Waals surface area contributed by atoms with Crippen molar-refractivity contribution in [3.05, 3.63) is 20.3 Å². The minimum Gasteiger partial charge on any atom is -0.387 e. The molecule has 2 rings (SSSR count). The van der Waals surface area contributed by atoms with Crippen LogP contribution in [0.4, 0.5) is 0 Å². The number of aryl methyl sites for hydroxylation is 1. The zero-order chi connectivity index (χ0) is 11.1. The van der Waals surface area contributed by atoms with Crippen LogP contribution in [0.25, 0.3) is 0 Å². The lowest BCUT2D eigenvalue weighted by Crippen LogP contribution is -2.21. The van der Waals surface area contributed by atoms with Crippen molar-refractivity contribution in [3.8, 4) is 0 Å². The second-order valence-electron chi connectivity index (χ2n) is 4.82. The maximum Gasteiger partial charge on any atom is 0.0935 e. The lowest BCUT2D eigenvalue weighted by atomic mass is 9.82. The third-order valence-electron chi connectivity index (χ3n) is 3.55. The lowest BCUT2D eigenvalue weighted by Gasteiger charge is -2.29. The average molecular weight is 289 g/mol. The molecule has 1 saturated carbocycles. The van der Waals surface area contributed by atoms with Crippen molar-refractivity contribution < 1.29 is 5.11 Å². The molecule has 1 atom stereocenters. The van der Waals surface area contributed by atoms with Crippen molar-refractivity contribution in [1.29, 1.82) is 0 Å². The van der Waals surface area contributed by atoms with E-state index in [9.17, 15) is 5.11 Å². The predicted molar refractivity (Wildman–Crippen MR) is 68.3 cm³/mol. The standard InChI is InChI=1S/C12H17BrOS/c1-8-9(13)7-10(15-8)11(14)12(2)5-3-4-6-12/h7,11,14H,3-6H2,1-2H3. The van der Waals surface area contributed by atoms with E-state index >= 15 is 0 Å². The maximum absolute atomic E-state index is 10.4. The van der Waals surface area contributed by atoms with Gasteiger partial charge in [0.25, 0.3) is 0 Å². The number of rotatable bonds is 2. The minimum absolute atomic E-state index is 0.108. The summed E-state index contributed by atoms with van der Waals surface area (Å²) in [6.07, 6.45) is 4.55. The molecule has 1 aromatic heterocycles. The number of hydrogen-bond donors (Lipinski definition) is 1. The zero-order valence-corrected chi connectivity index (χ0v) is 11.6. The molecule has 0 spiro atoms. The van der Waals surface area contributed by atoms with E-state index in [0.29, 0.717) is 0 Å². The predicted octanol–water partition coefficient (Wildman–Crippen LogP) is 4.43. The fourth-order valence-corrected chi connectivity index (χ4v) is 4.14. The molecule has 1 aliphatic rings. The first-order chi connectivity index (χ1) is 7.03. The number of thiophene rings is 1. The Labute approximate surface area is 104 Å². The zero-order valence-electron chi connectivity index (χ0n) is 9.22. The van der Waals surface area contributed by atoms with Gasteiger partial charge in [0.1, 0.15) is 0 Å². The number of aliphatic hydroxyl groups excluding tert-OH is 1. The second-order valence-corrected chi connectivity index (χ2v) is 6.96. The van der Waals surface area contributed by atoms with Crippen LogP contribution in [0.3, 0.4) is 0 Å². The highest BCUT2D eigenvalue weighted by Gasteiger charge is 2.37. The minimum atomic E-state index is -0.282. The van der Waals surface area contributed by atoms with Gasteiger partial charge in [-0.1, -0.05) is 19.8 Å². The molecule has 1 heterocycles. The van der Waals surface area contributed by atoms with Crippen LogP contribution in [0.5, 0.6) is 0 Å². The van der Waals surface area contributed by atoms with Gasteiger partial charge in [0.15, 0.2) is 0 Å². The molecular formula is C12H17BrOS. The molecule has 3 heteroatoms. The lowest BCUT2D eigenvalue weighted by molar-refractivity contribution is 0.0437. The molecule has 0 saturated heterocycles. The Balaban J connectivity index is 2.23. The van der Waals surface area contributed by atoms with Crippen molar-refractivity contribution >= 4 is 27.3 Å². The summed E-state index contributed by atoms with van der Waals surface area (Å²) >= 11 is 5.22. The Morgan fingerprint density at radius 3 is 2.53 bits per heavy atom. The van der Waals surface area contributed by atoms with Gasteiger partial charge in [-0.25, -0.2) is 0 Å². The van der Waals surface area contributed by atoms with Gasteiger partial charge in [-0.3, -0.25) is 0 Å². The topological polar surface area (TPSA) is 20.2 Å². The fraction of sp³-hybridized carbons (Fsp3) is 0.667. The normalized spacial score (nSPS) is 21.9. The van der Waals surface area contributed by atoms with Gasteiger partial charge in [0.2, 0.25) is 0 Å². The smallest absolute Gasteiger partial charge is 0.0935 e. The number of hydrogen-bond acceptors (Lipinski definition) is 2. The van der Waals surface area contributed by atoms with Crippen LogP contribution in [-0.4, -0.2) is 5.11 Å². The van der Waals surface area contributed by atoms with Gasteiger partial charge in [0.05, 0.1) is 6.10 Å². The highest BCUT2D eigenvalue weighted by molar-refractivity contribution is 9.10. The number of aliphatic hydroxyl groups is 1. The molecule has 0 amide bonds. The van der Waals surface area contributed by atoms with Gasteiger partial charge >= 0.3 is 0 Å². The molecule has 1 unspecified atom stereocenters. The summed E-state index contributed by atoms with van der Waals surface area (Å²) in [5.74, 6) is 0. The van der Waals surface area contributed by atoms with Crippen molar-refractivity contribution in [1.82, 2.24) is 0 Å². The summed E-state index contributed by atoms with van der Waals surface area (Å²) in [6.45, 7) is 4.30. The van der Waals surface area contributed by atoms with E-state index in [4.69, 9.17) is 0 Å². The maximum atomic E-state index is 10.4. The van der Waals surface area contributed by atoms with Crippen LogP contribution >= 0.6 is 27.3 Å². The highest BCUT2D eigenvalue weighted by Crippen LogP contribution is 2.49. The number of halogens is 1. The Kier molecular flexibility index (Phi) is 3.25. The quantitative estimate of drug-likeness (QED) is 0.853. The van der Waals surface area contributed by atoms with Crippen LogP contribution < -0.4 is 0 Å². The van der Waals surface area contributed by atoms with Gasteiger partial charge in [-0.2, -0.15) is 0 Å². The highest BCUT2D eigenvalue weighted by atomic mass is 79.9. The molecule has 1 N–H and O–H groups in total. The Morgan fingerprint density at radius 2 is 2.07 bits per heavy atom. The first kappa shape index (κ1) is 11.6. The van der Waals surface area contributed by atoms with E-state index in [1.807, 2.05) is 0 Å². The van der Waals surface area contributed by atoms with Gasteiger partial charge in [-0.05, 0) is 47.2 Å². The molecule has 1 aliphatic carbocycles.